The third kappa shape index (κ3) is 3.43. The predicted octanol–water partition coefficient (Wildman–Crippen LogP) is 4.68. The van der Waals surface area contributed by atoms with E-state index in [2.05, 4.69) is 31.9 Å². The highest BCUT2D eigenvalue weighted by Gasteiger charge is 2.20. The summed E-state index contributed by atoms with van der Waals surface area (Å²) >= 11 is 8.32. The van der Waals surface area contributed by atoms with Gasteiger partial charge in [-0.25, -0.2) is 0 Å². The van der Waals surface area contributed by atoms with Crippen LogP contribution in [0.15, 0.2) is 44.7 Å². The molecule has 0 aliphatic carbocycles. The molecule has 1 unspecified atom stereocenters. The van der Waals surface area contributed by atoms with E-state index in [9.17, 15) is 9.90 Å². The first-order valence-corrected chi connectivity index (χ1v) is 7.69. The maximum Gasteiger partial charge on any atom is 0.311 e. The van der Waals surface area contributed by atoms with Crippen molar-refractivity contribution in [2.24, 2.45) is 0 Å². The molecule has 1 N–H and O–H groups in total. The molecule has 0 aliphatic rings. The van der Waals surface area contributed by atoms with E-state index in [1.54, 1.807) is 11.3 Å². The number of rotatable bonds is 4. The normalized spacial score (nSPS) is 12.3. The standard InChI is InChI=1S/C13H10Br2O2S/c14-9-3-1-8(2-4-9)11(13(16)17)7-10-5-6-12(15)18-10/h1-6,11H,7H2,(H,16,17). The Morgan fingerprint density at radius 1 is 1.17 bits per heavy atom. The fraction of sp³-hybridized carbons (Fsp3) is 0.154. The highest BCUT2D eigenvalue weighted by atomic mass is 79.9. The number of carboxylic acid groups (broad SMARTS) is 1. The Morgan fingerprint density at radius 3 is 2.33 bits per heavy atom. The van der Waals surface area contributed by atoms with E-state index in [1.165, 1.54) is 0 Å². The first-order valence-electron chi connectivity index (χ1n) is 5.29. The van der Waals surface area contributed by atoms with Gasteiger partial charge in [0.1, 0.15) is 0 Å². The molecule has 1 aromatic carbocycles. The minimum absolute atomic E-state index is 0.497. The van der Waals surface area contributed by atoms with E-state index in [-0.39, 0.29) is 0 Å². The minimum atomic E-state index is -0.790. The van der Waals surface area contributed by atoms with Crippen LogP contribution >= 0.6 is 43.2 Å². The zero-order valence-electron chi connectivity index (χ0n) is 9.27. The summed E-state index contributed by atoms with van der Waals surface area (Å²) in [6.45, 7) is 0. The van der Waals surface area contributed by atoms with Crippen molar-refractivity contribution in [2.75, 3.05) is 0 Å². The zero-order chi connectivity index (χ0) is 13.1. The lowest BCUT2D eigenvalue weighted by atomic mass is 9.95. The summed E-state index contributed by atoms with van der Waals surface area (Å²) in [5.41, 5.74) is 0.829. The van der Waals surface area contributed by atoms with Crippen LogP contribution < -0.4 is 0 Å². The van der Waals surface area contributed by atoms with Gasteiger partial charge in [-0.1, -0.05) is 28.1 Å². The monoisotopic (exact) mass is 388 g/mol. The maximum atomic E-state index is 11.4. The third-order valence-electron chi connectivity index (χ3n) is 2.60. The Balaban J connectivity index is 2.23. The lowest BCUT2D eigenvalue weighted by Crippen LogP contribution is -2.13. The molecule has 2 aromatic rings. The summed E-state index contributed by atoms with van der Waals surface area (Å²) in [6, 6.07) is 11.4. The number of carboxylic acids is 1. The van der Waals surface area contributed by atoms with Crippen molar-refractivity contribution in [3.8, 4) is 0 Å². The number of hydrogen-bond acceptors (Lipinski definition) is 2. The number of hydrogen-bond donors (Lipinski definition) is 1. The minimum Gasteiger partial charge on any atom is -0.481 e. The van der Waals surface area contributed by atoms with Crippen molar-refractivity contribution in [1.82, 2.24) is 0 Å². The summed E-state index contributed by atoms with van der Waals surface area (Å²) in [6.07, 6.45) is 0.521. The van der Waals surface area contributed by atoms with E-state index in [0.717, 1.165) is 18.7 Å². The van der Waals surface area contributed by atoms with E-state index in [0.29, 0.717) is 6.42 Å². The fourth-order valence-electron chi connectivity index (χ4n) is 1.71. The molecule has 0 amide bonds. The zero-order valence-corrected chi connectivity index (χ0v) is 13.3. The van der Waals surface area contributed by atoms with Crippen molar-refractivity contribution in [1.29, 1.82) is 0 Å². The Hall–Kier alpha value is -0.650. The molecular formula is C13H10Br2O2S. The number of benzene rings is 1. The van der Waals surface area contributed by atoms with Gasteiger partial charge < -0.3 is 5.11 Å². The number of aliphatic carboxylic acids is 1. The molecule has 0 fully saturated rings. The number of thiophene rings is 1. The largest absolute Gasteiger partial charge is 0.481 e. The molecule has 18 heavy (non-hydrogen) atoms. The van der Waals surface area contributed by atoms with Crippen LogP contribution in [0.5, 0.6) is 0 Å². The van der Waals surface area contributed by atoms with Crippen molar-refractivity contribution < 1.29 is 9.90 Å². The Morgan fingerprint density at radius 2 is 1.83 bits per heavy atom. The summed E-state index contributed by atoms with van der Waals surface area (Å²) in [7, 11) is 0. The quantitative estimate of drug-likeness (QED) is 0.823. The predicted molar refractivity (Wildman–Crippen MR) is 80.2 cm³/mol. The molecule has 5 heteroatoms. The highest BCUT2D eigenvalue weighted by molar-refractivity contribution is 9.11. The molecule has 1 heterocycles. The van der Waals surface area contributed by atoms with Crippen LogP contribution in [0.3, 0.4) is 0 Å². The molecule has 0 aliphatic heterocycles. The van der Waals surface area contributed by atoms with E-state index >= 15 is 0 Å². The second-order valence-electron chi connectivity index (χ2n) is 3.85. The second kappa shape index (κ2) is 5.99. The van der Waals surface area contributed by atoms with Crippen molar-refractivity contribution in [3.05, 3.63) is 55.1 Å². The molecule has 0 saturated carbocycles. The SMILES string of the molecule is O=C(O)C(Cc1ccc(Br)s1)c1ccc(Br)cc1. The second-order valence-corrected chi connectivity index (χ2v) is 7.32. The Kier molecular flexibility index (Phi) is 4.59. The lowest BCUT2D eigenvalue weighted by molar-refractivity contribution is -0.138. The molecule has 1 atom stereocenters. The van der Waals surface area contributed by atoms with E-state index in [4.69, 9.17) is 0 Å². The van der Waals surface area contributed by atoms with Gasteiger partial charge in [0.05, 0.1) is 9.70 Å². The van der Waals surface area contributed by atoms with Gasteiger partial charge in [-0.3, -0.25) is 4.79 Å². The highest BCUT2D eigenvalue weighted by Crippen LogP contribution is 2.28. The average molecular weight is 390 g/mol. The molecular weight excluding hydrogens is 380 g/mol. The molecule has 2 rings (SSSR count). The lowest BCUT2D eigenvalue weighted by Gasteiger charge is -2.11. The van der Waals surface area contributed by atoms with Crippen molar-refractivity contribution in [3.63, 3.8) is 0 Å². The van der Waals surface area contributed by atoms with Gasteiger partial charge in [-0.15, -0.1) is 11.3 Å². The Bertz CT molecular complexity index is 548. The van der Waals surface area contributed by atoms with Crippen LogP contribution in [-0.2, 0) is 11.2 Å². The first kappa shape index (κ1) is 13.8. The first-order chi connectivity index (χ1) is 8.56. The number of halogens is 2. The Labute approximate surface area is 126 Å². The van der Waals surface area contributed by atoms with Crippen LogP contribution in [0.4, 0.5) is 0 Å². The summed E-state index contributed by atoms with van der Waals surface area (Å²) < 4.78 is 1.98. The molecule has 0 radical (unpaired) electrons. The molecule has 2 nitrogen and oxygen atoms in total. The fourth-order valence-corrected chi connectivity index (χ4v) is 3.50. The molecule has 0 spiro atoms. The van der Waals surface area contributed by atoms with Crippen molar-refractivity contribution in [2.45, 2.75) is 12.3 Å². The van der Waals surface area contributed by atoms with Crippen LogP contribution in [0, 0.1) is 0 Å². The van der Waals surface area contributed by atoms with Crippen LogP contribution in [0.2, 0.25) is 0 Å². The van der Waals surface area contributed by atoms with Crippen LogP contribution in [0.25, 0.3) is 0 Å². The summed E-state index contributed by atoms with van der Waals surface area (Å²) in [5, 5.41) is 9.35. The van der Waals surface area contributed by atoms with Gasteiger partial charge in [-0.05, 0) is 52.2 Å². The molecule has 0 bridgehead atoms. The third-order valence-corrected chi connectivity index (χ3v) is 4.78. The van der Waals surface area contributed by atoms with Crippen LogP contribution in [0.1, 0.15) is 16.4 Å². The van der Waals surface area contributed by atoms with E-state index in [1.807, 2.05) is 36.4 Å². The topological polar surface area (TPSA) is 37.3 Å². The summed E-state index contributed by atoms with van der Waals surface area (Å²) in [5.74, 6) is -1.29. The van der Waals surface area contributed by atoms with Gasteiger partial charge in [0, 0.05) is 9.35 Å². The molecule has 94 valence electrons. The van der Waals surface area contributed by atoms with Gasteiger partial charge in [0.15, 0.2) is 0 Å². The van der Waals surface area contributed by atoms with Gasteiger partial charge in [0.25, 0.3) is 0 Å². The van der Waals surface area contributed by atoms with Gasteiger partial charge in [-0.2, -0.15) is 0 Å². The van der Waals surface area contributed by atoms with Gasteiger partial charge >= 0.3 is 5.97 Å². The molecule has 1 aromatic heterocycles. The summed E-state index contributed by atoms with van der Waals surface area (Å²) in [4.78, 5) is 12.4. The maximum absolute atomic E-state index is 11.4. The smallest absolute Gasteiger partial charge is 0.311 e. The van der Waals surface area contributed by atoms with Crippen LogP contribution in [-0.4, -0.2) is 11.1 Å². The average Bonchev–Trinajstić information content (AvgIpc) is 2.73. The van der Waals surface area contributed by atoms with Gasteiger partial charge in [0.2, 0.25) is 0 Å². The van der Waals surface area contributed by atoms with Crippen molar-refractivity contribution >= 4 is 49.2 Å². The number of carbonyl (C=O) groups is 1. The molecule has 0 saturated heterocycles. The van der Waals surface area contributed by atoms with E-state index < -0.39 is 11.9 Å².